The fourth-order valence-corrected chi connectivity index (χ4v) is 2.03. The van der Waals surface area contributed by atoms with Crippen molar-refractivity contribution in [2.45, 2.75) is 0 Å². The van der Waals surface area contributed by atoms with Crippen molar-refractivity contribution in [2.24, 2.45) is 0 Å². The first-order valence-electron chi connectivity index (χ1n) is 5.97. The molecule has 2 N–H and O–H groups in total. The Balaban J connectivity index is 1.91. The van der Waals surface area contributed by atoms with Gasteiger partial charge < -0.3 is 10.3 Å². The van der Waals surface area contributed by atoms with Crippen LogP contribution in [0.3, 0.4) is 0 Å². The number of carbonyl (C=O) groups excluding carboxylic acids is 1. The molecule has 3 rings (SSSR count). The number of fused-ring (bicyclic) bond motifs is 1. The second-order valence-electron chi connectivity index (χ2n) is 4.33. The second kappa shape index (κ2) is 4.77. The van der Waals surface area contributed by atoms with Gasteiger partial charge in [0, 0.05) is 28.9 Å². The van der Waals surface area contributed by atoms with Crippen LogP contribution >= 0.6 is 0 Å². The summed E-state index contributed by atoms with van der Waals surface area (Å²) in [5, 5.41) is 3.31. The Morgan fingerprint density at radius 1 is 1.05 bits per heavy atom. The van der Waals surface area contributed by atoms with Crippen molar-refractivity contribution in [2.75, 3.05) is 5.32 Å². The highest BCUT2D eigenvalue weighted by Gasteiger charge is 2.12. The summed E-state index contributed by atoms with van der Waals surface area (Å²) in [5.41, 5.74) is 1.49. The fourth-order valence-electron chi connectivity index (χ4n) is 2.03. The Morgan fingerprint density at radius 2 is 1.85 bits per heavy atom. The normalized spacial score (nSPS) is 10.7. The van der Waals surface area contributed by atoms with Crippen LogP contribution in [-0.4, -0.2) is 10.9 Å². The van der Waals surface area contributed by atoms with Gasteiger partial charge in [0.05, 0.1) is 5.56 Å². The van der Waals surface area contributed by atoms with Crippen LogP contribution in [0, 0.1) is 11.6 Å². The Labute approximate surface area is 113 Å². The van der Waals surface area contributed by atoms with Gasteiger partial charge in [-0.3, -0.25) is 4.79 Å². The number of para-hydroxylation sites is 1. The van der Waals surface area contributed by atoms with Crippen molar-refractivity contribution in [3.8, 4) is 0 Å². The zero-order valence-corrected chi connectivity index (χ0v) is 10.3. The van der Waals surface area contributed by atoms with Crippen molar-refractivity contribution in [3.63, 3.8) is 0 Å². The minimum atomic E-state index is -0.998. The molecule has 100 valence electrons. The van der Waals surface area contributed by atoms with E-state index in [1.54, 1.807) is 6.20 Å². The molecule has 0 aliphatic carbocycles. The van der Waals surface area contributed by atoms with Gasteiger partial charge >= 0.3 is 0 Å². The average molecular weight is 272 g/mol. The summed E-state index contributed by atoms with van der Waals surface area (Å²) in [4.78, 5) is 15.1. The highest BCUT2D eigenvalue weighted by molar-refractivity contribution is 6.12. The average Bonchev–Trinajstić information content (AvgIpc) is 2.87. The molecule has 0 radical (unpaired) electrons. The lowest BCUT2D eigenvalue weighted by Gasteiger charge is -2.04. The molecule has 5 heteroatoms. The van der Waals surface area contributed by atoms with Gasteiger partial charge in [-0.05, 0) is 18.2 Å². The number of carbonyl (C=O) groups is 1. The molecule has 0 unspecified atom stereocenters. The number of rotatable bonds is 2. The van der Waals surface area contributed by atoms with E-state index in [9.17, 15) is 13.6 Å². The molecule has 0 saturated carbocycles. The van der Waals surface area contributed by atoms with Crippen LogP contribution in [0.4, 0.5) is 14.5 Å². The minimum absolute atomic E-state index is 0.208. The molecule has 1 aromatic heterocycles. The molecule has 0 atom stereocenters. The maximum atomic E-state index is 13.1. The summed E-state index contributed by atoms with van der Waals surface area (Å²) in [6.45, 7) is 0. The Hall–Kier alpha value is -2.69. The Kier molecular flexibility index (Phi) is 2.95. The molecule has 0 fully saturated rings. The smallest absolute Gasteiger partial charge is 0.257 e. The van der Waals surface area contributed by atoms with Gasteiger partial charge in [-0.1, -0.05) is 18.2 Å². The first-order chi connectivity index (χ1) is 9.65. The van der Waals surface area contributed by atoms with Crippen molar-refractivity contribution in [1.82, 2.24) is 4.98 Å². The molecule has 2 aromatic carbocycles. The van der Waals surface area contributed by atoms with Crippen LogP contribution in [0.5, 0.6) is 0 Å². The number of hydrogen-bond acceptors (Lipinski definition) is 1. The molecular weight excluding hydrogens is 262 g/mol. The summed E-state index contributed by atoms with van der Waals surface area (Å²) in [5.74, 6) is -2.33. The van der Waals surface area contributed by atoms with E-state index >= 15 is 0 Å². The summed E-state index contributed by atoms with van der Waals surface area (Å²) in [6.07, 6.45) is 1.58. The number of halogens is 2. The molecule has 0 spiro atoms. The lowest BCUT2D eigenvalue weighted by Crippen LogP contribution is -2.11. The van der Waals surface area contributed by atoms with Crippen LogP contribution in [0.1, 0.15) is 10.4 Å². The van der Waals surface area contributed by atoms with E-state index < -0.39 is 11.6 Å². The van der Waals surface area contributed by atoms with Crippen molar-refractivity contribution < 1.29 is 13.6 Å². The second-order valence-corrected chi connectivity index (χ2v) is 4.33. The first-order valence-corrected chi connectivity index (χ1v) is 5.97. The third-order valence-electron chi connectivity index (χ3n) is 3.01. The maximum Gasteiger partial charge on any atom is 0.257 e. The summed E-state index contributed by atoms with van der Waals surface area (Å²) >= 11 is 0. The highest BCUT2D eigenvalue weighted by atomic mass is 19.2. The van der Waals surface area contributed by atoms with Crippen LogP contribution in [0.2, 0.25) is 0 Å². The van der Waals surface area contributed by atoms with Gasteiger partial charge in [-0.25, -0.2) is 8.78 Å². The topological polar surface area (TPSA) is 44.9 Å². The van der Waals surface area contributed by atoms with Crippen LogP contribution in [0.25, 0.3) is 10.9 Å². The molecule has 1 amide bonds. The number of hydrogen-bond donors (Lipinski definition) is 2. The molecule has 1 heterocycles. The molecular formula is C15H10F2N2O. The van der Waals surface area contributed by atoms with Gasteiger partial charge in [0.25, 0.3) is 5.91 Å². The van der Waals surface area contributed by atoms with Gasteiger partial charge in [0.1, 0.15) is 0 Å². The molecule has 0 aliphatic heterocycles. The number of benzene rings is 2. The number of amides is 1. The zero-order chi connectivity index (χ0) is 14.1. The van der Waals surface area contributed by atoms with Crippen molar-refractivity contribution in [1.29, 1.82) is 0 Å². The molecule has 0 bridgehead atoms. The van der Waals surface area contributed by atoms with Crippen LogP contribution in [-0.2, 0) is 0 Å². The molecule has 0 aliphatic rings. The third-order valence-corrected chi connectivity index (χ3v) is 3.01. The minimum Gasteiger partial charge on any atom is -0.360 e. The predicted molar refractivity (Wildman–Crippen MR) is 72.6 cm³/mol. The van der Waals surface area contributed by atoms with E-state index in [0.29, 0.717) is 5.56 Å². The van der Waals surface area contributed by atoms with E-state index in [1.165, 1.54) is 6.07 Å². The van der Waals surface area contributed by atoms with Crippen molar-refractivity contribution >= 4 is 22.5 Å². The number of aromatic amines is 1. The molecule has 3 nitrogen and oxygen atoms in total. The first kappa shape index (κ1) is 12.3. The number of H-pyrrole nitrogens is 1. The van der Waals surface area contributed by atoms with E-state index in [4.69, 9.17) is 0 Å². The standard InChI is InChI=1S/C15H10F2N2O/c16-12-6-5-9(7-13(12)17)19-15(20)11-8-18-14-4-2-1-3-10(11)14/h1-8,18H,(H,19,20). The summed E-state index contributed by atoms with van der Waals surface area (Å²) in [7, 11) is 0. The maximum absolute atomic E-state index is 13.1. The monoisotopic (exact) mass is 272 g/mol. The predicted octanol–water partition coefficient (Wildman–Crippen LogP) is 3.70. The lowest BCUT2D eigenvalue weighted by molar-refractivity contribution is 0.102. The van der Waals surface area contributed by atoms with Crippen LogP contribution < -0.4 is 5.32 Å². The van der Waals surface area contributed by atoms with Gasteiger partial charge in [-0.2, -0.15) is 0 Å². The molecule has 3 aromatic rings. The van der Waals surface area contributed by atoms with Crippen molar-refractivity contribution in [3.05, 3.63) is 65.9 Å². The number of nitrogens with one attached hydrogen (secondary N) is 2. The fraction of sp³-hybridized carbons (Fsp3) is 0. The highest BCUT2D eigenvalue weighted by Crippen LogP contribution is 2.20. The number of aromatic nitrogens is 1. The van der Waals surface area contributed by atoms with Gasteiger partial charge in [0.15, 0.2) is 11.6 Å². The van der Waals surface area contributed by atoms with E-state index in [-0.39, 0.29) is 11.6 Å². The molecule has 20 heavy (non-hydrogen) atoms. The van der Waals surface area contributed by atoms with Gasteiger partial charge in [-0.15, -0.1) is 0 Å². The Morgan fingerprint density at radius 3 is 2.65 bits per heavy atom. The SMILES string of the molecule is O=C(Nc1ccc(F)c(F)c1)c1c[nH]c2ccccc12. The summed E-state index contributed by atoms with van der Waals surface area (Å²) in [6, 6.07) is 10.6. The Bertz CT molecular complexity index is 795. The zero-order valence-electron chi connectivity index (χ0n) is 10.3. The number of anilines is 1. The molecule has 0 saturated heterocycles. The quantitative estimate of drug-likeness (QED) is 0.734. The van der Waals surface area contributed by atoms with E-state index in [2.05, 4.69) is 10.3 Å². The largest absolute Gasteiger partial charge is 0.360 e. The van der Waals surface area contributed by atoms with Gasteiger partial charge in [0.2, 0.25) is 0 Å². The van der Waals surface area contributed by atoms with E-state index in [0.717, 1.165) is 23.0 Å². The lowest BCUT2D eigenvalue weighted by atomic mass is 10.1. The van der Waals surface area contributed by atoms with E-state index in [1.807, 2.05) is 24.3 Å². The third kappa shape index (κ3) is 2.14. The summed E-state index contributed by atoms with van der Waals surface area (Å²) < 4.78 is 25.9. The van der Waals surface area contributed by atoms with Crippen LogP contribution in [0.15, 0.2) is 48.7 Å².